The van der Waals surface area contributed by atoms with E-state index in [9.17, 15) is 4.79 Å². The summed E-state index contributed by atoms with van der Waals surface area (Å²) in [5, 5.41) is 3.15. The molecule has 86 valence electrons. The van der Waals surface area contributed by atoms with Crippen LogP contribution in [-0.4, -0.2) is 40.9 Å². The van der Waals surface area contributed by atoms with E-state index in [4.69, 9.17) is 0 Å². The van der Waals surface area contributed by atoms with E-state index in [1.807, 2.05) is 13.1 Å². The lowest BCUT2D eigenvalue weighted by Gasteiger charge is -2.15. The van der Waals surface area contributed by atoms with Gasteiger partial charge in [0, 0.05) is 38.7 Å². The third kappa shape index (κ3) is 1.85. The van der Waals surface area contributed by atoms with Crippen LogP contribution in [-0.2, 0) is 17.6 Å². The van der Waals surface area contributed by atoms with Crippen molar-refractivity contribution in [2.75, 3.05) is 19.4 Å². The van der Waals surface area contributed by atoms with Crippen LogP contribution in [0.25, 0.3) is 0 Å². The van der Waals surface area contributed by atoms with Crippen molar-refractivity contribution in [3.05, 3.63) is 17.6 Å². The number of nitrogens with one attached hydrogen (secondary N) is 1. The predicted molar refractivity (Wildman–Crippen MR) is 61.2 cm³/mol. The number of fused-ring (bicyclic) bond motifs is 1. The normalized spacial score (nSPS) is 17.8. The summed E-state index contributed by atoms with van der Waals surface area (Å²) in [5.41, 5.74) is 1.03. The number of aryl methyl sites for hydroxylation is 1. The molecule has 0 aliphatic carbocycles. The van der Waals surface area contributed by atoms with E-state index >= 15 is 0 Å². The first-order chi connectivity index (χ1) is 7.61. The summed E-state index contributed by atoms with van der Waals surface area (Å²) in [6.07, 6.45) is 3.30. The summed E-state index contributed by atoms with van der Waals surface area (Å²) in [6.45, 7) is 2.01. The number of hydrogen-bond donors (Lipinski definition) is 1. The van der Waals surface area contributed by atoms with Crippen molar-refractivity contribution in [2.24, 2.45) is 0 Å². The molecular formula is C11H16N4O. The molecule has 1 aromatic rings. The zero-order chi connectivity index (χ0) is 11.7. The van der Waals surface area contributed by atoms with Gasteiger partial charge < -0.3 is 10.2 Å². The van der Waals surface area contributed by atoms with Crippen molar-refractivity contribution in [3.8, 4) is 0 Å². The number of rotatable bonds is 2. The van der Waals surface area contributed by atoms with Gasteiger partial charge in [-0.25, -0.2) is 9.97 Å². The summed E-state index contributed by atoms with van der Waals surface area (Å²) in [7, 11) is 3.52. The van der Waals surface area contributed by atoms with Gasteiger partial charge in [-0.05, 0) is 0 Å². The van der Waals surface area contributed by atoms with E-state index in [2.05, 4.69) is 15.3 Å². The van der Waals surface area contributed by atoms with Crippen molar-refractivity contribution in [1.29, 1.82) is 0 Å². The highest BCUT2D eigenvalue weighted by molar-refractivity contribution is 5.86. The minimum atomic E-state index is -0.189. The van der Waals surface area contributed by atoms with Crippen LogP contribution in [0.15, 0.2) is 6.20 Å². The topological polar surface area (TPSA) is 58.1 Å². The third-order valence-electron chi connectivity index (χ3n) is 2.70. The maximum absolute atomic E-state index is 11.8. The first-order valence-corrected chi connectivity index (χ1v) is 5.44. The van der Waals surface area contributed by atoms with Crippen molar-refractivity contribution in [1.82, 2.24) is 14.9 Å². The minimum absolute atomic E-state index is 0.0797. The molecule has 0 fully saturated rings. The van der Waals surface area contributed by atoms with Crippen molar-refractivity contribution >= 4 is 11.7 Å². The highest BCUT2D eigenvalue weighted by Gasteiger charge is 2.29. The number of carbonyl (C=O) groups excluding carboxylic acids is 1. The van der Waals surface area contributed by atoms with Gasteiger partial charge in [-0.1, -0.05) is 6.92 Å². The fraction of sp³-hybridized carbons (Fsp3) is 0.545. The molecule has 1 N–H and O–H groups in total. The maximum Gasteiger partial charge on any atom is 0.244 e. The van der Waals surface area contributed by atoms with Gasteiger partial charge in [0.1, 0.15) is 17.7 Å². The van der Waals surface area contributed by atoms with E-state index in [1.54, 1.807) is 19.0 Å². The molecule has 2 heterocycles. The molecule has 1 amide bonds. The molecule has 0 bridgehead atoms. The number of anilines is 1. The van der Waals surface area contributed by atoms with Crippen LogP contribution in [0, 0.1) is 0 Å². The smallest absolute Gasteiger partial charge is 0.244 e. The minimum Gasteiger partial charge on any atom is -0.358 e. The summed E-state index contributed by atoms with van der Waals surface area (Å²) in [6, 6.07) is -0.189. The number of carbonyl (C=O) groups is 1. The molecule has 1 aliphatic heterocycles. The van der Waals surface area contributed by atoms with Crippen LogP contribution < -0.4 is 5.32 Å². The molecule has 5 nitrogen and oxygen atoms in total. The van der Waals surface area contributed by atoms with Crippen molar-refractivity contribution in [3.63, 3.8) is 0 Å². The Morgan fingerprint density at radius 2 is 2.38 bits per heavy atom. The Morgan fingerprint density at radius 1 is 1.62 bits per heavy atom. The number of hydrogen-bond acceptors (Lipinski definition) is 4. The zero-order valence-electron chi connectivity index (χ0n) is 9.82. The van der Waals surface area contributed by atoms with Crippen molar-refractivity contribution in [2.45, 2.75) is 25.8 Å². The molecule has 1 atom stereocenters. The highest BCUT2D eigenvalue weighted by atomic mass is 16.2. The Morgan fingerprint density at radius 3 is 3.00 bits per heavy atom. The quantitative estimate of drug-likeness (QED) is 0.787. The lowest BCUT2D eigenvalue weighted by atomic mass is 10.1. The molecule has 1 aromatic heterocycles. The molecule has 0 unspecified atom stereocenters. The SMILES string of the molecule is CCc1ncc2c(n1)N[C@H](C(=O)N(C)C)C2. The van der Waals surface area contributed by atoms with E-state index in [-0.39, 0.29) is 11.9 Å². The molecule has 1 aliphatic rings. The summed E-state index contributed by atoms with van der Waals surface area (Å²) in [5.74, 6) is 1.70. The summed E-state index contributed by atoms with van der Waals surface area (Å²) < 4.78 is 0. The molecule has 0 spiro atoms. The maximum atomic E-state index is 11.8. The Labute approximate surface area is 94.9 Å². The Balaban J connectivity index is 2.18. The van der Waals surface area contributed by atoms with Crippen LogP contribution in [0.5, 0.6) is 0 Å². The number of likely N-dealkylation sites (N-methyl/N-ethyl adjacent to an activating group) is 1. The molecule has 5 heteroatoms. The van der Waals surface area contributed by atoms with Gasteiger partial charge in [-0.2, -0.15) is 0 Å². The number of aromatic nitrogens is 2. The molecule has 0 saturated carbocycles. The van der Waals surface area contributed by atoms with Crippen molar-refractivity contribution < 1.29 is 4.79 Å². The van der Waals surface area contributed by atoms with Crippen LogP contribution in [0.4, 0.5) is 5.82 Å². The van der Waals surface area contributed by atoms with Crippen LogP contribution in [0.2, 0.25) is 0 Å². The lowest BCUT2D eigenvalue weighted by molar-refractivity contribution is -0.129. The average Bonchev–Trinajstić information content (AvgIpc) is 2.69. The molecular weight excluding hydrogens is 204 g/mol. The summed E-state index contributed by atoms with van der Waals surface area (Å²) >= 11 is 0. The van der Waals surface area contributed by atoms with Crippen LogP contribution >= 0.6 is 0 Å². The lowest BCUT2D eigenvalue weighted by Crippen LogP contribution is -2.37. The van der Waals surface area contributed by atoms with E-state index in [0.29, 0.717) is 6.42 Å². The van der Waals surface area contributed by atoms with E-state index in [1.165, 1.54) is 0 Å². The summed E-state index contributed by atoms with van der Waals surface area (Å²) in [4.78, 5) is 22.0. The van der Waals surface area contributed by atoms with E-state index < -0.39 is 0 Å². The standard InChI is InChI=1S/C11H16N4O/c1-4-9-12-6-7-5-8(11(16)15(2)3)13-10(7)14-9/h6,8H,4-5H2,1-3H3,(H,12,13,14)/t8-/m0/s1. The monoisotopic (exact) mass is 220 g/mol. The largest absolute Gasteiger partial charge is 0.358 e. The predicted octanol–water partition coefficient (Wildman–Crippen LogP) is 0.464. The number of amides is 1. The molecule has 2 rings (SSSR count). The Hall–Kier alpha value is -1.65. The van der Waals surface area contributed by atoms with Crippen LogP contribution in [0.1, 0.15) is 18.3 Å². The first kappa shape index (κ1) is 10.9. The van der Waals surface area contributed by atoms with Crippen LogP contribution in [0.3, 0.4) is 0 Å². The second-order valence-corrected chi connectivity index (χ2v) is 4.15. The van der Waals surface area contributed by atoms with Gasteiger partial charge in [0.2, 0.25) is 5.91 Å². The second kappa shape index (κ2) is 4.08. The van der Waals surface area contributed by atoms with Gasteiger partial charge in [0.15, 0.2) is 0 Å². The van der Waals surface area contributed by atoms with Gasteiger partial charge in [-0.3, -0.25) is 4.79 Å². The van der Waals surface area contributed by atoms with Gasteiger partial charge in [-0.15, -0.1) is 0 Å². The second-order valence-electron chi connectivity index (χ2n) is 4.15. The first-order valence-electron chi connectivity index (χ1n) is 5.44. The molecule has 16 heavy (non-hydrogen) atoms. The Bertz CT molecular complexity index is 416. The fourth-order valence-corrected chi connectivity index (χ4v) is 1.78. The van der Waals surface area contributed by atoms with Gasteiger partial charge >= 0.3 is 0 Å². The Kier molecular flexibility index (Phi) is 2.77. The number of nitrogens with zero attached hydrogens (tertiary/aromatic N) is 3. The third-order valence-corrected chi connectivity index (χ3v) is 2.70. The zero-order valence-corrected chi connectivity index (χ0v) is 9.82. The highest BCUT2D eigenvalue weighted by Crippen LogP contribution is 2.23. The van der Waals surface area contributed by atoms with Gasteiger partial charge in [0.25, 0.3) is 0 Å². The van der Waals surface area contributed by atoms with Gasteiger partial charge in [0.05, 0.1) is 0 Å². The molecule has 0 aromatic carbocycles. The molecule has 0 saturated heterocycles. The van der Waals surface area contributed by atoms with E-state index in [0.717, 1.165) is 23.6 Å². The average molecular weight is 220 g/mol. The molecule has 0 radical (unpaired) electrons. The fourth-order valence-electron chi connectivity index (χ4n) is 1.78.